The van der Waals surface area contributed by atoms with Crippen molar-refractivity contribution in [3.63, 3.8) is 0 Å². The van der Waals surface area contributed by atoms with E-state index in [-0.39, 0.29) is 22.6 Å². The molecule has 7 nitrogen and oxygen atoms in total. The number of ether oxygens (including phenoxy) is 2. The number of ketones is 1. The minimum Gasteiger partial charge on any atom is -0.507 e. The van der Waals surface area contributed by atoms with Crippen LogP contribution in [0.1, 0.15) is 35.2 Å². The maximum absolute atomic E-state index is 14.0. The zero-order valence-corrected chi connectivity index (χ0v) is 23.8. The van der Waals surface area contributed by atoms with Gasteiger partial charge in [-0.05, 0) is 72.1 Å². The van der Waals surface area contributed by atoms with Crippen LogP contribution in [0.25, 0.3) is 16.0 Å². The summed E-state index contributed by atoms with van der Waals surface area (Å²) in [5.74, 6) is -1.14. The Hall–Kier alpha value is -5.02. The van der Waals surface area contributed by atoms with E-state index in [2.05, 4.69) is 4.98 Å². The SMILES string of the molecule is C[C@H]1Cc2cc(/C(O)=C3\C(=O)C(=O)N(c4nc5ccc(F)cc5s4)[C@H]3c3cccc(OCc4ccccc4)c3)ccc2O1. The molecule has 0 radical (unpaired) electrons. The fourth-order valence-electron chi connectivity index (χ4n) is 5.57. The van der Waals surface area contributed by atoms with Gasteiger partial charge in [0.05, 0.1) is 21.8 Å². The molecule has 1 fully saturated rings. The molecule has 1 amide bonds. The van der Waals surface area contributed by atoms with E-state index in [1.807, 2.05) is 37.3 Å². The lowest BCUT2D eigenvalue weighted by Gasteiger charge is -2.23. The number of rotatable bonds is 6. The average Bonchev–Trinajstić information content (AvgIpc) is 3.68. The number of aliphatic hydroxyl groups is 1. The molecule has 9 heteroatoms. The van der Waals surface area contributed by atoms with Gasteiger partial charge >= 0.3 is 5.91 Å². The van der Waals surface area contributed by atoms with Crippen molar-refractivity contribution in [1.82, 2.24) is 4.98 Å². The first kappa shape index (κ1) is 26.9. The van der Waals surface area contributed by atoms with Crippen LogP contribution in [-0.4, -0.2) is 27.9 Å². The molecule has 0 bridgehead atoms. The van der Waals surface area contributed by atoms with Gasteiger partial charge in [-0.1, -0.05) is 53.8 Å². The topological polar surface area (TPSA) is 89.0 Å². The van der Waals surface area contributed by atoms with Crippen molar-refractivity contribution in [3.8, 4) is 11.5 Å². The minimum absolute atomic E-state index is 0.000439. The van der Waals surface area contributed by atoms with Crippen LogP contribution in [0.15, 0.2) is 96.6 Å². The summed E-state index contributed by atoms with van der Waals surface area (Å²) >= 11 is 1.10. The van der Waals surface area contributed by atoms with Gasteiger partial charge in [0.2, 0.25) is 0 Å². The maximum Gasteiger partial charge on any atom is 0.301 e. The molecule has 4 aromatic carbocycles. The Morgan fingerprint density at radius 2 is 1.88 bits per heavy atom. The number of hydrogen-bond acceptors (Lipinski definition) is 7. The summed E-state index contributed by atoms with van der Waals surface area (Å²) in [7, 11) is 0. The van der Waals surface area contributed by atoms with Gasteiger partial charge in [0.25, 0.3) is 5.78 Å². The van der Waals surface area contributed by atoms with Crippen LogP contribution in [0.2, 0.25) is 0 Å². The number of amides is 1. The first-order valence-electron chi connectivity index (χ1n) is 13.8. The Morgan fingerprint density at radius 1 is 1.05 bits per heavy atom. The number of halogens is 1. The molecule has 7 rings (SSSR count). The minimum atomic E-state index is -1.01. The third-order valence-corrected chi connectivity index (χ3v) is 8.60. The highest BCUT2D eigenvalue weighted by Crippen LogP contribution is 2.45. The Balaban J connectivity index is 1.35. The third kappa shape index (κ3) is 4.91. The summed E-state index contributed by atoms with van der Waals surface area (Å²) in [5.41, 5.74) is 3.27. The molecule has 0 unspecified atom stereocenters. The van der Waals surface area contributed by atoms with Gasteiger partial charge < -0.3 is 14.6 Å². The number of carbonyl (C=O) groups excluding carboxylic acids is 2. The lowest BCUT2D eigenvalue weighted by atomic mass is 9.94. The molecule has 214 valence electrons. The Morgan fingerprint density at radius 3 is 2.72 bits per heavy atom. The zero-order chi connectivity index (χ0) is 29.7. The fraction of sp³-hybridized carbons (Fsp3) is 0.147. The molecule has 0 spiro atoms. The summed E-state index contributed by atoms with van der Waals surface area (Å²) in [5, 5.41) is 11.9. The number of benzene rings is 4. The predicted molar refractivity (Wildman–Crippen MR) is 162 cm³/mol. The van der Waals surface area contributed by atoms with E-state index in [0.717, 1.165) is 28.2 Å². The number of carbonyl (C=O) groups is 2. The molecule has 1 saturated heterocycles. The van der Waals surface area contributed by atoms with Crippen LogP contribution in [0.3, 0.4) is 0 Å². The first-order chi connectivity index (χ1) is 20.9. The molecule has 2 atom stereocenters. The standard InChI is InChI=1S/C34H25FN2O5S/c1-19-14-23-15-22(10-13-27(23)42-19)31(38)29-30(21-8-5-9-25(16-21)41-18-20-6-3-2-4-7-20)37(33(40)32(29)39)34-36-26-12-11-24(35)17-28(26)43-34/h2-13,15-17,19,30,38H,14,18H2,1H3/b31-29+/t19-,30-/m0/s1. The van der Waals surface area contributed by atoms with Gasteiger partial charge in [-0.3, -0.25) is 14.5 Å². The van der Waals surface area contributed by atoms with Crippen molar-refractivity contribution in [1.29, 1.82) is 0 Å². The van der Waals surface area contributed by atoms with Crippen LogP contribution in [0.5, 0.6) is 11.5 Å². The summed E-state index contributed by atoms with van der Waals surface area (Å²) in [6.07, 6.45) is 0.664. The monoisotopic (exact) mass is 592 g/mol. The summed E-state index contributed by atoms with van der Waals surface area (Å²) in [6.45, 7) is 2.28. The molecule has 0 saturated carbocycles. The summed E-state index contributed by atoms with van der Waals surface area (Å²) in [4.78, 5) is 33.2. The zero-order valence-electron chi connectivity index (χ0n) is 23.0. The Kier molecular flexibility index (Phi) is 6.66. The van der Waals surface area contributed by atoms with E-state index in [1.54, 1.807) is 42.5 Å². The van der Waals surface area contributed by atoms with E-state index in [9.17, 15) is 19.1 Å². The number of aliphatic hydroxyl groups excluding tert-OH is 1. The van der Waals surface area contributed by atoms with Crippen LogP contribution in [0.4, 0.5) is 9.52 Å². The Bertz CT molecular complexity index is 1940. The van der Waals surface area contributed by atoms with E-state index in [4.69, 9.17) is 9.47 Å². The summed E-state index contributed by atoms with van der Waals surface area (Å²) < 4.78 is 26.4. The molecule has 3 heterocycles. The van der Waals surface area contributed by atoms with Crippen LogP contribution < -0.4 is 14.4 Å². The second kappa shape index (κ2) is 10.7. The lowest BCUT2D eigenvalue weighted by Crippen LogP contribution is -2.29. The number of Topliss-reactive ketones (excluding diaryl/α,β-unsaturated/α-hetero) is 1. The van der Waals surface area contributed by atoms with Crippen LogP contribution in [-0.2, 0) is 22.6 Å². The van der Waals surface area contributed by atoms with Gasteiger partial charge in [-0.25, -0.2) is 9.37 Å². The number of thiazole rings is 1. The van der Waals surface area contributed by atoms with Crippen molar-refractivity contribution in [2.24, 2.45) is 0 Å². The quantitative estimate of drug-likeness (QED) is 0.130. The normalized spacial score (nSPS) is 19.1. The van der Waals surface area contributed by atoms with Crippen LogP contribution >= 0.6 is 11.3 Å². The number of aromatic nitrogens is 1. The highest BCUT2D eigenvalue weighted by Gasteiger charge is 2.48. The number of anilines is 1. The largest absolute Gasteiger partial charge is 0.507 e. The molecule has 1 aromatic heterocycles. The van der Waals surface area contributed by atoms with Gasteiger partial charge in [0, 0.05) is 12.0 Å². The van der Waals surface area contributed by atoms with Crippen molar-refractivity contribution < 1.29 is 28.6 Å². The number of nitrogens with zero attached hydrogens (tertiary/aromatic N) is 2. The number of fused-ring (bicyclic) bond motifs is 2. The van der Waals surface area contributed by atoms with Crippen LogP contribution in [0, 0.1) is 5.82 Å². The van der Waals surface area contributed by atoms with Crippen molar-refractivity contribution in [3.05, 3.63) is 125 Å². The fourth-order valence-corrected chi connectivity index (χ4v) is 6.59. The predicted octanol–water partition coefficient (Wildman–Crippen LogP) is 6.96. The van der Waals surface area contributed by atoms with E-state index in [1.165, 1.54) is 23.1 Å². The molecule has 0 aliphatic carbocycles. The highest BCUT2D eigenvalue weighted by atomic mass is 32.1. The second-order valence-electron chi connectivity index (χ2n) is 10.6. The van der Waals surface area contributed by atoms with Crippen molar-refractivity contribution in [2.75, 3.05) is 4.90 Å². The molecular weight excluding hydrogens is 567 g/mol. The molecule has 5 aromatic rings. The lowest BCUT2D eigenvalue weighted by molar-refractivity contribution is -0.132. The molecule has 1 N–H and O–H groups in total. The molecular formula is C34H25FN2O5S. The van der Waals surface area contributed by atoms with Gasteiger partial charge in [0.1, 0.15) is 35.8 Å². The second-order valence-corrected chi connectivity index (χ2v) is 11.6. The van der Waals surface area contributed by atoms with E-state index < -0.39 is 23.5 Å². The maximum atomic E-state index is 14.0. The first-order valence-corrected chi connectivity index (χ1v) is 14.6. The average molecular weight is 593 g/mol. The molecule has 43 heavy (non-hydrogen) atoms. The third-order valence-electron chi connectivity index (χ3n) is 7.58. The van der Waals surface area contributed by atoms with E-state index >= 15 is 0 Å². The summed E-state index contributed by atoms with van der Waals surface area (Å²) in [6, 6.07) is 25.2. The molecule has 2 aliphatic rings. The Labute approximate surface area is 250 Å². The molecule has 2 aliphatic heterocycles. The van der Waals surface area contributed by atoms with Crippen molar-refractivity contribution in [2.45, 2.75) is 32.1 Å². The van der Waals surface area contributed by atoms with E-state index in [0.29, 0.717) is 40.1 Å². The highest BCUT2D eigenvalue weighted by molar-refractivity contribution is 7.22. The van der Waals surface area contributed by atoms with Gasteiger partial charge in [-0.2, -0.15) is 0 Å². The van der Waals surface area contributed by atoms with Crippen molar-refractivity contribution >= 4 is 44.1 Å². The smallest absolute Gasteiger partial charge is 0.301 e. The van der Waals surface area contributed by atoms with Gasteiger partial charge in [-0.15, -0.1) is 0 Å². The number of hydrogen-bond donors (Lipinski definition) is 1. The van der Waals surface area contributed by atoms with Gasteiger partial charge in [0.15, 0.2) is 5.13 Å².